The molecule has 0 amide bonds. The van der Waals surface area contributed by atoms with E-state index < -0.39 is 6.10 Å². The van der Waals surface area contributed by atoms with Crippen molar-refractivity contribution in [3.63, 3.8) is 0 Å². The van der Waals surface area contributed by atoms with Gasteiger partial charge >= 0.3 is 17.9 Å². The molecular weight excluding hydrogens is 829 g/mol. The highest BCUT2D eigenvalue weighted by atomic mass is 16.6. The third kappa shape index (κ3) is 53.6. The molecule has 0 aromatic heterocycles. The maximum atomic E-state index is 12.8. The van der Waals surface area contributed by atoms with Crippen LogP contribution in [0.5, 0.6) is 0 Å². The molecule has 0 bridgehead atoms. The molecule has 0 aromatic carbocycles. The van der Waals surface area contributed by atoms with Gasteiger partial charge in [-0.25, -0.2) is 0 Å². The van der Waals surface area contributed by atoms with Crippen LogP contribution in [0.3, 0.4) is 0 Å². The summed E-state index contributed by atoms with van der Waals surface area (Å²) < 4.78 is 16.9. The van der Waals surface area contributed by atoms with Crippen LogP contribution in [0.1, 0.15) is 349 Å². The SMILES string of the molecule is CCCCCCCCCCCCCCCCC(=O)OC[C@@H](COC(=O)CCCCCCCCCCCCCCCCCCCCC(C)CC)OC(=O)CCCCCCCCCCCCCCC. The van der Waals surface area contributed by atoms with Crippen LogP contribution >= 0.6 is 0 Å². The van der Waals surface area contributed by atoms with Crippen LogP contribution in [0.2, 0.25) is 0 Å². The number of rotatable bonds is 56. The average molecular weight is 948 g/mol. The quantitative estimate of drug-likeness (QED) is 0.0343. The highest BCUT2D eigenvalue weighted by Gasteiger charge is 2.19. The molecule has 0 saturated carbocycles. The lowest BCUT2D eigenvalue weighted by molar-refractivity contribution is -0.167. The Balaban J connectivity index is 4.22. The first kappa shape index (κ1) is 65.4. The lowest BCUT2D eigenvalue weighted by Crippen LogP contribution is -2.30. The third-order valence-electron chi connectivity index (χ3n) is 14.4. The summed E-state index contributed by atoms with van der Waals surface area (Å²) in [7, 11) is 0. The van der Waals surface area contributed by atoms with E-state index >= 15 is 0 Å². The average Bonchev–Trinajstić information content (AvgIpc) is 3.33. The maximum Gasteiger partial charge on any atom is 0.306 e. The van der Waals surface area contributed by atoms with Crippen molar-refractivity contribution in [2.45, 2.75) is 355 Å². The molecule has 6 heteroatoms. The summed E-state index contributed by atoms with van der Waals surface area (Å²) in [6.07, 6.45) is 60.9. The number of hydrogen-bond donors (Lipinski definition) is 0. The second-order valence-corrected chi connectivity index (χ2v) is 21.2. The number of hydrogen-bond acceptors (Lipinski definition) is 6. The molecule has 0 rings (SSSR count). The molecule has 0 fully saturated rings. The summed E-state index contributed by atoms with van der Waals surface area (Å²) in [5.41, 5.74) is 0. The summed E-state index contributed by atoms with van der Waals surface area (Å²) in [4.78, 5) is 38.2. The lowest BCUT2D eigenvalue weighted by Gasteiger charge is -2.18. The summed E-state index contributed by atoms with van der Waals surface area (Å²) in [6, 6.07) is 0. The van der Waals surface area contributed by atoms with Gasteiger partial charge in [0, 0.05) is 19.3 Å². The fourth-order valence-corrected chi connectivity index (χ4v) is 9.42. The molecule has 2 atom stereocenters. The zero-order chi connectivity index (χ0) is 48.8. The van der Waals surface area contributed by atoms with Gasteiger partial charge in [0.15, 0.2) is 6.10 Å². The van der Waals surface area contributed by atoms with E-state index in [9.17, 15) is 14.4 Å². The summed E-state index contributed by atoms with van der Waals surface area (Å²) in [6.45, 7) is 9.11. The van der Waals surface area contributed by atoms with E-state index in [0.29, 0.717) is 19.3 Å². The summed E-state index contributed by atoms with van der Waals surface area (Å²) in [5, 5.41) is 0. The second-order valence-electron chi connectivity index (χ2n) is 21.2. The molecule has 0 heterocycles. The van der Waals surface area contributed by atoms with Crippen LogP contribution < -0.4 is 0 Å². The summed E-state index contributed by atoms with van der Waals surface area (Å²) in [5.74, 6) is 0.0781. The minimum Gasteiger partial charge on any atom is -0.462 e. The molecule has 1 unspecified atom stereocenters. The van der Waals surface area contributed by atoms with Gasteiger partial charge in [-0.1, -0.05) is 310 Å². The predicted octanol–water partition coefficient (Wildman–Crippen LogP) is 20.2. The second kappa shape index (κ2) is 55.3. The van der Waals surface area contributed by atoms with Crippen LogP contribution in [-0.2, 0) is 28.6 Å². The first-order chi connectivity index (χ1) is 32.9. The normalized spacial score (nSPS) is 12.4. The first-order valence-electron chi connectivity index (χ1n) is 30.4. The Kier molecular flexibility index (Phi) is 54.0. The van der Waals surface area contributed by atoms with Gasteiger partial charge in [0.25, 0.3) is 0 Å². The minimum absolute atomic E-state index is 0.0615. The topological polar surface area (TPSA) is 78.9 Å². The number of carbonyl (C=O) groups is 3. The summed E-state index contributed by atoms with van der Waals surface area (Å²) >= 11 is 0. The van der Waals surface area contributed by atoms with Gasteiger partial charge in [-0.2, -0.15) is 0 Å². The van der Waals surface area contributed by atoms with Gasteiger partial charge in [0.05, 0.1) is 0 Å². The molecule has 0 aliphatic carbocycles. The first-order valence-corrected chi connectivity index (χ1v) is 30.4. The minimum atomic E-state index is -0.761. The Morgan fingerprint density at radius 3 is 0.776 bits per heavy atom. The molecule has 67 heavy (non-hydrogen) atoms. The van der Waals surface area contributed by atoms with Gasteiger partial charge < -0.3 is 14.2 Å². The maximum absolute atomic E-state index is 12.8. The van der Waals surface area contributed by atoms with Crippen LogP contribution in [0.15, 0.2) is 0 Å². The van der Waals surface area contributed by atoms with E-state index in [-0.39, 0.29) is 31.1 Å². The van der Waals surface area contributed by atoms with Crippen LogP contribution in [0.4, 0.5) is 0 Å². The van der Waals surface area contributed by atoms with Crippen LogP contribution in [0, 0.1) is 5.92 Å². The zero-order valence-corrected chi connectivity index (χ0v) is 45.9. The van der Waals surface area contributed by atoms with Gasteiger partial charge in [-0.3, -0.25) is 14.4 Å². The van der Waals surface area contributed by atoms with E-state index in [0.717, 1.165) is 63.7 Å². The molecule has 0 aliphatic rings. The number of ether oxygens (including phenoxy) is 3. The Hall–Kier alpha value is -1.59. The Labute approximate surface area is 418 Å². The van der Waals surface area contributed by atoms with Gasteiger partial charge in [0.1, 0.15) is 13.2 Å². The van der Waals surface area contributed by atoms with E-state index in [2.05, 4.69) is 27.7 Å². The fourth-order valence-electron chi connectivity index (χ4n) is 9.42. The highest BCUT2D eigenvalue weighted by Crippen LogP contribution is 2.19. The standard InChI is InChI=1S/C61H118O6/c1-5-8-10-12-14-16-18-20-29-32-36-40-44-48-52-59(62)65-55-58(67-61(64)54-50-46-42-38-34-27-19-17-15-13-11-9-6-2)56-66-60(63)53-49-45-41-37-33-30-26-24-22-21-23-25-28-31-35-39-43-47-51-57(4)7-3/h57-58H,5-56H2,1-4H3/t57?,58-/m0/s1. The van der Waals surface area contributed by atoms with Crippen molar-refractivity contribution in [2.24, 2.45) is 5.92 Å². The highest BCUT2D eigenvalue weighted by molar-refractivity contribution is 5.71. The van der Waals surface area contributed by atoms with Crippen molar-refractivity contribution < 1.29 is 28.6 Å². The number of esters is 3. The van der Waals surface area contributed by atoms with E-state index in [4.69, 9.17) is 14.2 Å². The van der Waals surface area contributed by atoms with Gasteiger partial charge in [-0.15, -0.1) is 0 Å². The Morgan fingerprint density at radius 1 is 0.299 bits per heavy atom. The number of carbonyl (C=O) groups excluding carboxylic acids is 3. The van der Waals surface area contributed by atoms with E-state index in [1.165, 1.54) is 244 Å². The molecule has 0 N–H and O–H groups in total. The zero-order valence-electron chi connectivity index (χ0n) is 45.9. The van der Waals surface area contributed by atoms with Crippen molar-refractivity contribution in [1.82, 2.24) is 0 Å². The molecule has 0 aromatic rings. The smallest absolute Gasteiger partial charge is 0.306 e. The van der Waals surface area contributed by atoms with Crippen LogP contribution in [-0.4, -0.2) is 37.2 Å². The largest absolute Gasteiger partial charge is 0.462 e. The molecular formula is C61H118O6. The predicted molar refractivity (Wildman–Crippen MR) is 289 cm³/mol. The molecule has 398 valence electrons. The van der Waals surface area contributed by atoms with E-state index in [1.54, 1.807) is 0 Å². The molecule has 0 radical (unpaired) electrons. The molecule has 0 aliphatic heterocycles. The van der Waals surface area contributed by atoms with Crippen molar-refractivity contribution in [3.8, 4) is 0 Å². The van der Waals surface area contributed by atoms with Gasteiger partial charge in [0.2, 0.25) is 0 Å². The van der Waals surface area contributed by atoms with Crippen molar-refractivity contribution in [2.75, 3.05) is 13.2 Å². The van der Waals surface area contributed by atoms with E-state index in [1.807, 2.05) is 0 Å². The van der Waals surface area contributed by atoms with Crippen molar-refractivity contribution >= 4 is 17.9 Å². The Bertz CT molecular complexity index is 1010. The monoisotopic (exact) mass is 947 g/mol. The Morgan fingerprint density at radius 2 is 0.522 bits per heavy atom. The third-order valence-corrected chi connectivity index (χ3v) is 14.4. The van der Waals surface area contributed by atoms with Crippen LogP contribution in [0.25, 0.3) is 0 Å². The van der Waals surface area contributed by atoms with Crippen molar-refractivity contribution in [3.05, 3.63) is 0 Å². The van der Waals surface area contributed by atoms with Gasteiger partial charge in [-0.05, 0) is 25.2 Å². The molecule has 6 nitrogen and oxygen atoms in total. The fraction of sp³-hybridized carbons (Fsp3) is 0.951. The number of unbranched alkanes of at least 4 members (excludes halogenated alkanes) is 42. The van der Waals surface area contributed by atoms with Crippen molar-refractivity contribution in [1.29, 1.82) is 0 Å². The molecule has 0 saturated heterocycles. The molecule has 0 spiro atoms. The lowest BCUT2D eigenvalue weighted by atomic mass is 9.99.